The van der Waals surface area contributed by atoms with E-state index in [9.17, 15) is 4.79 Å². The molecule has 0 spiro atoms. The normalized spacial score (nSPS) is 15.1. The van der Waals surface area contributed by atoms with Crippen LogP contribution in [0.3, 0.4) is 0 Å². The number of hydrogen-bond donors (Lipinski definition) is 1. The summed E-state index contributed by atoms with van der Waals surface area (Å²) in [6.45, 7) is 8.81. The minimum Gasteiger partial charge on any atom is -0.444 e. The number of piperazine rings is 1. The molecule has 1 aliphatic rings. The number of carbonyl (C=O) groups is 1. The van der Waals surface area contributed by atoms with Crippen molar-refractivity contribution in [2.45, 2.75) is 32.8 Å². The number of anilines is 1. The zero-order valence-corrected chi connectivity index (χ0v) is 20.0. The Morgan fingerprint density at radius 1 is 1.11 bits per heavy atom. The highest BCUT2D eigenvalue weighted by atomic mass is 127. The standard InChI is InChI=1S/C20H33N5O2.HI/c1-20(2,3)27-19(26)25-14-12-24(13-15-25)18(21)22-11-10-16-6-8-17(9-7-16)23(4)5;/h6-9H,10-15H2,1-5H3,(H2,21,22);1H. The number of rotatable bonds is 4. The quantitative estimate of drug-likeness (QED) is 0.389. The zero-order chi connectivity index (χ0) is 20.0. The topological polar surface area (TPSA) is 74.4 Å². The lowest BCUT2D eigenvalue weighted by atomic mass is 10.1. The second-order valence-corrected chi connectivity index (χ2v) is 8.01. The van der Waals surface area contributed by atoms with Crippen molar-refractivity contribution in [2.24, 2.45) is 10.7 Å². The largest absolute Gasteiger partial charge is 0.444 e. The van der Waals surface area contributed by atoms with Gasteiger partial charge in [0.15, 0.2) is 5.96 Å². The van der Waals surface area contributed by atoms with Crippen LogP contribution in [0.2, 0.25) is 0 Å². The van der Waals surface area contributed by atoms with Gasteiger partial charge in [0.2, 0.25) is 0 Å². The molecule has 0 bridgehead atoms. The second kappa shape index (κ2) is 10.7. The summed E-state index contributed by atoms with van der Waals surface area (Å²) in [6, 6.07) is 8.47. The van der Waals surface area contributed by atoms with Crippen LogP contribution < -0.4 is 10.6 Å². The van der Waals surface area contributed by atoms with Gasteiger partial charge in [0.25, 0.3) is 0 Å². The first-order valence-electron chi connectivity index (χ1n) is 9.45. The van der Waals surface area contributed by atoms with Crippen molar-refractivity contribution in [3.8, 4) is 0 Å². The van der Waals surface area contributed by atoms with Gasteiger partial charge in [-0.15, -0.1) is 24.0 Å². The third kappa shape index (κ3) is 7.73. The molecule has 1 amide bonds. The number of nitrogens with two attached hydrogens (primary N) is 1. The highest BCUT2D eigenvalue weighted by molar-refractivity contribution is 14.0. The Kier molecular flexibility index (Phi) is 9.32. The lowest BCUT2D eigenvalue weighted by Gasteiger charge is -2.36. The van der Waals surface area contributed by atoms with Crippen molar-refractivity contribution in [3.05, 3.63) is 29.8 Å². The van der Waals surface area contributed by atoms with Gasteiger partial charge in [0, 0.05) is 52.5 Å². The molecule has 0 aromatic heterocycles. The third-order valence-electron chi connectivity index (χ3n) is 4.38. The van der Waals surface area contributed by atoms with E-state index in [2.05, 4.69) is 34.2 Å². The van der Waals surface area contributed by atoms with E-state index >= 15 is 0 Å². The van der Waals surface area contributed by atoms with Gasteiger partial charge in [-0.25, -0.2) is 4.79 Å². The summed E-state index contributed by atoms with van der Waals surface area (Å²) in [7, 11) is 4.06. The van der Waals surface area contributed by atoms with Gasteiger partial charge in [-0.2, -0.15) is 0 Å². The first-order chi connectivity index (χ1) is 12.7. The highest BCUT2D eigenvalue weighted by Gasteiger charge is 2.26. The Labute approximate surface area is 185 Å². The van der Waals surface area contributed by atoms with E-state index < -0.39 is 5.60 Å². The van der Waals surface area contributed by atoms with Crippen molar-refractivity contribution in [1.29, 1.82) is 0 Å². The molecule has 1 aromatic rings. The van der Waals surface area contributed by atoms with Crippen molar-refractivity contribution < 1.29 is 9.53 Å². The molecule has 2 N–H and O–H groups in total. The number of halogens is 1. The summed E-state index contributed by atoms with van der Waals surface area (Å²) in [5, 5.41) is 0. The molecule has 7 nitrogen and oxygen atoms in total. The average molecular weight is 503 g/mol. The Morgan fingerprint density at radius 2 is 1.64 bits per heavy atom. The van der Waals surface area contributed by atoms with Crippen LogP contribution in [0.1, 0.15) is 26.3 Å². The van der Waals surface area contributed by atoms with Gasteiger partial charge < -0.3 is 25.2 Å². The molecule has 1 heterocycles. The van der Waals surface area contributed by atoms with Gasteiger partial charge in [-0.3, -0.25) is 4.99 Å². The number of hydrogen-bond acceptors (Lipinski definition) is 4. The van der Waals surface area contributed by atoms with Gasteiger partial charge in [-0.1, -0.05) is 12.1 Å². The zero-order valence-electron chi connectivity index (χ0n) is 17.6. The van der Waals surface area contributed by atoms with Crippen molar-refractivity contribution in [3.63, 3.8) is 0 Å². The van der Waals surface area contributed by atoms with Crippen molar-refractivity contribution in [1.82, 2.24) is 9.80 Å². The van der Waals surface area contributed by atoms with Crippen LogP contribution in [0, 0.1) is 0 Å². The maximum Gasteiger partial charge on any atom is 0.410 e. The number of guanidine groups is 1. The molecule has 1 fully saturated rings. The summed E-state index contributed by atoms with van der Waals surface area (Å²) in [5.41, 5.74) is 8.09. The number of amides is 1. The summed E-state index contributed by atoms with van der Waals surface area (Å²) in [6.07, 6.45) is 0.588. The van der Waals surface area contributed by atoms with E-state index in [1.165, 1.54) is 11.3 Å². The van der Waals surface area contributed by atoms with Gasteiger partial charge in [0.05, 0.1) is 0 Å². The molecule has 2 rings (SSSR count). The molecule has 8 heteroatoms. The van der Waals surface area contributed by atoms with E-state index in [0.29, 0.717) is 38.7 Å². The molecule has 1 aromatic carbocycles. The first-order valence-corrected chi connectivity index (χ1v) is 9.45. The Bertz CT molecular complexity index is 648. The predicted octanol–water partition coefficient (Wildman–Crippen LogP) is 2.78. The van der Waals surface area contributed by atoms with E-state index in [1.54, 1.807) is 4.90 Å². The molecule has 0 radical (unpaired) electrons. The maximum atomic E-state index is 12.1. The smallest absolute Gasteiger partial charge is 0.410 e. The highest BCUT2D eigenvalue weighted by Crippen LogP contribution is 2.13. The molecule has 0 unspecified atom stereocenters. The molecule has 1 aliphatic heterocycles. The van der Waals surface area contributed by atoms with Crippen LogP contribution in [0.15, 0.2) is 29.3 Å². The number of aliphatic imine (C=N–C) groups is 1. The predicted molar refractivity (Wildman–Crippen MR) is 126 cm³/mol. The third-order valence-corrected chi connectivity index (χ3v) is 4.38. The fraction of sp³-hybridized carbons (Fsp3) is 0.600. The number of carbonyl (C=O) groups excluding carboxylic acids is 1. The molecule has 1 saturated heterocycles. The summed E-state index contributed by atoms with van der Waals surface area (Å²) >= 11 is 0. The van der Waals surface area contributed by atoms with Crippen LogP contribution in [0.4, 0.5) is 10.5 Å². The van der Waals surface area contributed by atoms with Crippen LogP contribution in [-0.4, -0.2) is 74.3 Å². The number of benzene rings is 1. The van der Waals surface area contributed by atoms with E-state index in [0.717, 1.165) is 6.42 Å². The first kappa shape index (κ1) is 24.3. The lowest BCUT2D eigenvalue weighted by Crippen LogP contribution is -2.53. The molecule has 0 aliphatic carbocycles. The van der Waals surface area contributed by atoms with E-state index in [1.807, 2.05) is 39.8 Å². The van der Waals surface area contributed by atoms with Crippen molar-refractivity contribution >= 4 is 41.7 Å². The van der Waals surface area contributed by atoms with Gasteiger partial charge >= 0.3 is 6.09 Å². The minimum absolute atomic E-state index is 0. The van der Waals surface area contributed by atoms with E-state index in [4.69, 9.17) is 10.5 Å². The maximum absolute atomic E-state index is 12.1. The lowest BCUT2D eigenvalue weighted by molar-refractivity contribution is 0.0186. The van der Waals surface area contributed by atoms with Crippen LogP contribution in [0.25, 0.3) is 0 Å². The van der Waals surface area contributed by atoms with Crippen molar-refractivity contribution in [2.75, 3.05) is 51.7 Å². The fourth-order valence-electron chi connectivity index (χ4n) is 2.80. The number of nitrogens with zero attached hydrogens (tertiary/aromatic N) is 4. The molecule has 28 heavy (non-hydrogen) atoms. The summed E-state index contributed by atoms with van der Waals surface area (Å²) in [4.78, 5) is 22.4. The van der Waals surface area contributed by atoms with Crippen LogP contribution in [-0.2, 0) is 11.2 Å². The Balaban J connectivity index is 0.00000392. The van der Waals surface area contributed by atoms with Crippen LogP contribution in [0.5, 0.6) is 0 Å². The summed E-state index contributed by atoms with van der Waals surface area (Å²) < 4.78 is 5.41. The van der Waals surface area contributed by atoms with Gasteiger partial charge in [0.1, 0.15) is 5.60 Å². The molecular formula is C20H34IN5O2. The fourth-order valence-corrected chi connectivity index (χ4v) is 2.80. The van der Waals surface area contributed by atoms with E-state index in [-0.39, 0.29) is 30.1 Å². The monoisotopic (exact) mass is 503 g/mol. The molecule has 158 valence electrons. The molecule has 0 atom stereocenters. The average Bonchev–Trinajstić information content (AvgIpc) is 2.60. The SMILES string of the molecule is CN(C)c1ccc(CCN=C(N)N2CCN(C(=O)OC(C)(C)C)CC2)cc1.I. The minimum atomic E-state index is -0.473. The Morgan fingerprint density at radius 3 is 2.14 bits per heavy atom. The molecular weight excluding hydrogens is 469 g/mol. The number of ether oxygens (including phenoxy) is 1. The van der Waals surface area contributed by atoms with Gasteiger partial charge in [-0.05, 0) is 44.9 Å². The summed E-state index contributed by atoms with van der Waals surface area (Å²) in [5.74, 6) is 0.545. The van der Waals surface area contributed by atoms with Crippen LogP contribution >= 0.6 is 24.0 Å². The Hall–Kier alpha value is -1.71. The molecule has 0 saturated carbocycles. The second-order valence-electron chi connectivity index (χ2n) is 8.01.